The Labute approximate surface area is 302 Å². The van der Waals surface area contributed by atoms with Gasteiger partial charge in [-0.15, -0.1) is 0 Å². The second kappa shape index (κ2) is 22.6. The number of ether oxygens (including phenoxy) is 2. The van der Waals surface area contributed by atoms with Crippen molar-refractivity contribution in [3.05, 3.63) is 101 Å². The van der Waals surface area contributed by atoms with Crippen LogP contribution in [0.15, 0.2) is 78.9 Å². The normalized spacial score (nSPS) is 19.1. The number of anilines is 1. The number of hydrogen-bond acceptors (Lipinski definition) is 5. The molecule has 3 N–H and O–H groups in total. The average Bonchev–Trinajstić information content (AvgIpc) is 3.14. The standard InChI is InChI=1S/C43H63N3O4/c1-4-6-8-10-12-17-28-46(29-18-13-11-9-7-5-2)32-40-34(3)41(37-26-24-36(33-47)25-27-37)50-42(49-40)38-22-19-23-39(30-38)45-43(48)44-31-35-20-15-14-16-21-35/h14-16,19-27,30,34,40-42,47H,4-13,17-18,28-29,31-33H2,1-3H3,(H2,44,45,48)/t34-,40+,41+,42+/m0/s1. The van der Waals surface area contributed by atoms with Crippen molar-refractivity contribution in [1.29, 1.82) is 0 Å². The highest BCUT2D eigenvalue weighted by molar-refractivity contribution is 5.89. The fourth-order valence-electron chi connectivity index (χ4n) is 6.82. The minimum absolute atomic E-state index is 0.0142. The van der Waals surface area contributed by atoms with Crippen molar-refractivity contribution in [3.63, 3.8) is 0 Å². The summed E-state index contributed by atoms with van der Waals surface area (Å²) in [6.07, 6.45) is 14.7. The van der Waals surface area contributed by atoms with Gasteiger partial charge < -0.3 is 30.1 Å². The molecule has 2 amide bonds. The topological polar surface area (TPSA) is 83.1 Å². The Kier molecular flexibility index (Phi) is 17.8. The van der Waals surface area contributed by atoms with Gasteiger partial charge in [0.25, 0.3) is 0 Å². The minimum Gasteiger partial charge on any atom is -0.392 e. The van der Waals surface area contributed by atoms with Crippen LogP contribution in [-0.2, 0) is 22.6 Å². The Balaban J connectivity index is 1.48. The Morgan fingerprint density at radius 3 is 2.00 bits per heavy atom. The molecule has 0 saturated carbocycles. The number of hydrogen-bond donors (Lipinski definition) is 3. The van der Waals surface area contributed by atoms with Gasteiger partial charge in [-0.2, -0.15) is 0 Å². The molecule has 1 heterocycles. The zero-order valence-corrected chi connectivity index (χ0v) is 31.0. The third-order valence-electron chi connectivity index (χ3n) is 9.93. The second-order valence-electron chi connectivity index (χ2n) is 14.1. The minimum atomic E-state index is -0.585. The van der Waals surface area contributed by atoms with E-state index in [4.69, 9.17) is 9.47 Å². The first kappa shape index (κ1) is 39.6. The monoisotopic (exact) mass is 685 g/mol. The van der Waals surface area contributed by atoms with Crippen LogP contribution in [0.5, 0.6) is 0 Å². The number of carbonyl (C=O) groups excluding carboxylic acids is 1. The van der Waals surface area contributed by atoms with Crippen molar-refractivity contribution >= 4 is 11.7 Å². The van der Waals surface area contributed by atoms with Crippen molar-refractivity contribution in [1.82, 2.24) is 10.2 Å². The first-order valence-corrected chi connectivity index (χ1v) is 19.4. The van der Waals surface area contributed by atoms with E-state index >= 15 is 0 Å². The van der Waals surface area contributed by atoms with Crippen LogP contribution in [0.3, 0.4) is 0 Å². The van der Waals surface area contributed by atoms with Crippen molar-refractivity contribution in [2.45, 2.75) is 129 Å². The van der Waals surface area contributed by atoms with E-state index in [0.717, 1.165) is 41.9 Å². The number of nitrogens with one attached hydrogen (secondary N) is 2. The lowest BCUT2D eigenvalue weighted by Gasteiger charge is -2.43. The van der Waals surface area contributed by atoms with E-state index in [9.17, 15) is 9.90 Å². The number of amides is 2. The average molecular weight is 686 g/mol. The lowest BCUT2D eigenvalue weighted by molar-refractivity contribution is -0.276. The van der Waals surface area contributed by atoms with Gasteiger partial charge in [-0.3, -0.25) is 0 Å². The lowest BCUT2D eigenvalue weighted by Crippen LogP contribution is -2.45. The second-order valence-corrected chi connectivity index (χ2v) is 14.1. The van der Waals surface area contributed by atoms with E-state index < -0.39 is 6.29 Å². The van der Waals surface area contributed by atoms with Crippen LogP contribution in [0, 0.1) is 5.92 Å². The van der Waals surface area contributed by atoms with E-state index in [2.05, 4.69) is 48.4 Å². The molecule has 0 unspecified atom stereocenters. The molecule has 0 spiro atoms. The number of aliphatic hydroxyl groups excluding tert-OH is 1. The smallest absolute Gasteiger partial charge is 0.319 e. The summed E-state index contributed by atoms with van der Waals surface area (Å²) in [4.78, 5) is 15.4. The molecule has 0 aliphatic carbocycles. The zero-order chi connectivity index (χ0) is 35.4. The summed E-state index contributed by atoms with van der Waals surface area (Å²) < 4.78 is 13.6. The molecule has 3 aromatic carbocycles. The van der Waals surface area contributed by atoms with E-state index in [1.807, 2.05) is 66.7 Å². The van der Waals surface area contributed by atoms with Crippen molar-refractivity contribution in [2.24, 2.45) is 5.92 Å². The molecule has 7 heteroatoms. The van der Waals surface area contributed by atoms with Crippen LogP contribution >= 0.6 is 0 Å². The van der Waals surface area contributed by atoms with E-state index in [-0.39, 0.29) is 30.8 Å². The first-order valence-electron chi connectivity index (χ1n) is 19.4. The van der Waals surface area contributed by atoms with Gasteiger partial charge in [0.05, 0.1) is 18.8 Å². The maximum Gasteiger partial charge on any atom is 0.319 e. The molecule has 50 heavy (non-hydrogen) atoms. The first-order chi connectivity index (χ1) is 24.5. The molecule has 274 valence electrons. The van der Waals surface area contributed by atoms with Gasteiger partial charge in [0.1, 0.15) is 0 Å². The number of benzene rings is 3. The number of rotatable bonds is 22. The van der Waals surface area contributed by atoms with Gasteiger partial charge in [0.2, 0.25) is 0 Å². The number of aliphatic hydroxyl groups is 1. The molecule has 1 aliphatic rings. The van der Waals surface area contributed by atoms with E-state index in [1.54, 1.807) is 0 Å². The van der Waals surface area contributed by atoms with Crippen molar-refractivity contribution in [3.8, 4) is 0 Å². The Bertz CT molecular complexity index is 1340. The molecule has 4 atom stereocenters. The van der Waals surface area contributed by atoms with Crippen molar-refractivity contribution < 1.29 is 19.4 Å². The molecule has 1 fully saturated rings. The highest BCUT2D eigenvalue weighted by Gasteiger charge is 2.39. The number of unbranched alkanes of at least 4 members (excludes halogenated alkanes) is 10. The van der Waals surface area contributed by atoms with Gasteiger partial charge in [-0.25, -0.2) is 4.79 Å². The molecule has 3 aromatic rings. The van der Waals surface area contributed by atoms with Crippen LogP contribution in [0.1, 0.15) is 132 Å². The molecular formula is C43H63N3O4. The van der Waals surface area contributed by atoms with Gasteiger partial charge in [0, 0.05) is 30.3 Å². The molecule has 0 bridgehead atoms. The summed E-state index contributed by atoms with van der Waals surface area (Å²) in [5.41, 5.74) is 4.57. The van der Waals surface area contributed by atoms with Gasteiger partial charge in [0.15, 0.2) is 6.29 Å². The van der Waals surface area contributed by atoms with Crippen LogP contribution in [0.2, 0.25) is 0 Å². The fourth-order valence-corrected chi connectivity index (χ4v) is 6.82. The summed E-state index contributed by atoms with van der Waals surface area (Å²) in [6.45, 7) is 10.3. The van der Waals surface area contributed by atoms with Gasteiger partial charge in [-0.1, -0.05) is 152 Å². The summed E-state index contributed by atoms with van der Waals surface area (Å²) >= 11 is 0. The molecule has 1 saturated heterocycles. The summed E-state index contributed by atoms with van der Waals surface area (Å²) in [5, 5.41) is 15.6. The highest BCUT2D eigenvalue weighted by Crippen LogP contribution is 2.42. The maximum absolute atomic E-state index is 12.8. The SMILES string of the molecule is CCCCCCCCN(CCCCCCCC)C[C@H]1O[C@@H](c2cccc(NC(=O)NCc3ccccc3)c2)O[C@@H](c2ccc(CO)cc2)[C@H]1C. The van der Waals surface area contributed by atoms with E-state index in [0.29, 0.717) is 12.2 Å². The zero-order valence-electron chi connectivity index (χ0n) is 31.0. The van der Waals surface area contributed by atoms with Crippen LogP contribution in [0.25, 0.3) is 0 Å². The Morgan fingerprint density at radius 1 is 0.720 bits per heavy atom. The lowest BCUT2D eigenvalue weighted by atomic mass is 9.90. The number of nitrogens with zero attached hydrogens (tertiary/aromatic N) is 1. The third-order valence-corrected chi connectivity index (χ3v) is 9.93. The highest BCUT2D eigenvalue weighted by atomic mass is 16.7. The number of carbonyl (C=O) groups is 1. The Morgan fingerprint density at radius 2 is 1.36 bits per heavy atom. The molecule has 7 nitrogen and oxygen atoms in total. The van der Waals surface area contributed by atoms with E-state index in [1.165, 1.54) is 77.0 Å². The molecule has 4 rings (SSSR count). The summed E-state index contributed by atoms with van der Waals surface area (Å²) in [7, 11) is 0. The predicted octanol–water partition coefficient (Wildman–Crippen LogP) is 10.3. The van der Waals surface area contributed by atoms with Gasteiger partial charge in [-0.05, 0) is 54.8 Å². The molecular weight excluding hydrogens is 622 g/mol. The molecule has 1 aliphatic heterocycles. The van der Waals surface area contributed by atoms with Crippen LogP contribution in [0.4, 0.5) is 10.5 Å². The summed E-state index contributed by atoms with van der Waals surface area (Å²) in [6, 6.07) is 25.5. The van der Waals surface area contributed by atoms with Crippen LogP contribution < -0.4 is 10.6 Å². The Hall–Kier alpha value is -3.23. The van der Waals surface area contributed by atoms with Gasteiger partial charge >= 0.3 is 6.03 Å². The third kappa shape index (κ3) is 13.5. The van der Waals surface area contributed by atoms with Crippen LogP contribution in [-0.4, -0.2) is 41.8 Å². The number of urea groups is 1. The molecule has 0 aromatic heterocycles. The molecule has 0 radical (unpaired) electrons. The largest absolute Gasteiger partial charge is 0.392 e. The summed E-state index contributed by atoms with van der Waals surface area (Å²) in [5.74, 6) is 0.118. The van der Waals surface area contributed by atoms with Crippen molar-refractivity contribution in [2.75, 3.05) is 25.0 Å². The predicted molar refractivity (Wildman–Crippen MR) is 205 cm³/mol. The maximum atomic E-state index is 12.8. The quantitative estimate of drug-likeness (QED) is 0.0917. The fraction of sp³-hybridized carbons (Fsp3) is 0.558.